The number of nitrogens with zero attached hydrogens (tertiary/aromatic N) is 1. The Kier molecular flexibility index (Phi) is 2.95. The zero-order valence-electron chi connectivity index (χ0n) is 11.4. The summed E-state index contributed by atoms with van der Waals surface area (Å²) in [4.78, 5) is 2.50. The van der Waals surface area contributed by atoms with Crippen LogP contribution in [-0.4, -0.2) is 28.6 Å². The Bertz CT molecular complexity index is 440. The largest absolute Gasteiger partial charge is 0.384 e. The van der Waals surface area contributed by atoms with E-state index >= 15 is 0 Å². The van der Waals surface area contributed by atoms with E-state index in [1.54, 1.807) is 0 Å². The highest BCUT2D eigenvalue weighted by molar-refractivity contribution is 5.30. The monoisotopic (exact) mass is 245 g/mol. The lowest BCUT2D eigenvalue weighted by Crippen LogP contribution is -2.33. The van der Waals surface area contributed by atoms with Gasteiger partial charge in [0.2, 0.25) is 0 Å². The SMILES string of the molecule is CCc1cccc(C2(O)CC(C)N(C3CC3)C2)c1. The average molecular weight is 245 g/mol. The molecule has 18 heavy (non-hydrogen) atoms. The summed E-state index contributed by atoms with van der Waals surface area (Å²) in [5.74, 6) is 0. The van der Waals surface area contributed by atoms with E-state index in [1.807, 2.05) is 0 Å². The second-order valence-corrected chi connectivity index (χ2v) is 6.04. The van der Waals surface area contributed by atoms with Crippen LogP contribution >= 0.6 is 0 Å². The number of hydrogen-bond donors (Lipinski definition) is 1. The highest BCUT2D eigenvalue weighted by Crippen LogP contribution is 2.41. The van der Waals surface area contributed by atoms with Crippen LogP contribution in [0.3, 0.4) is 0 Å². The first kappa shape index (κ1) is 12.2. The molecule has 2 fully saturated rings. The zero-order valence-corrected chi connectivity index (χ0v) is 11.4. The minimum atomic E-state index is -0.632. The topological polar surface area (TPSA) is 23.5 Å². The van der Waals surface area contributed by atoms with E-state index in [0.29, 0.717) is 6.04 Å². The van der Waals surface area contributed by atoms with Gasteiger partial charge in [0.1, 0.15) is 5.60 Å². The van der Waals surface area contributed by atoms with E-state index < -0.39 is 5.60 Å². The van der Waals surface area contributed by atoms with Gasteiger partial charge in [-0.05, 0) is 43.7 Å². The molecular weight excluding hydrogens is 222 g/mol. The van der Waals surface area contributed by atoms with Crippen LogP contribution in [0.15, 0.2) is 24.3 Å². The molecule has 0 amide bonds. The minimum Gasteiger partial charge on any atom is -0.384 e. The van der Waals surface area contributed by atoms with Crippen LogP contribution in [0.4, 0.5) is 0 Å². The number of benzene rings is 1. The lowest BCUT2D eigenvalue weighted by atomic mass is 9.90. The Morgan fingerprint density at radius 1 is 1.39 bits per heavy atom. The van der Waals surface area contributed by atoms with Crippen LogP contribution in [0.1, 0.15) is 44.2 Å². The highest BCUT2D eigenvalue weighted by atomic mass is 16.3. The van der Waals surface area contributed by atoms with Gasteiger partial charge in [-0.1, -0.05) is 31.2 Å². The fraction of sp³-hybridized carbons (Fsp3) is 0.625. The predicted octanol–water partition coefficient (Wildman–Crippen LogP) is 2.69. The van der Waals surface area contributed by atoms with E-state index in [2.05, 4.69) is 43.0 Å². The van der Waals surface area contributed by atoms with Crippen molar-refractivity contribution in [2.75, 3.05) is 6.54 Å². The standard InChI is InChI=1S/C16H23NO/c1-3-13-5-4-6-14(9-13)16(18)10-12(2)17(11-16)15-7-8-15/h4-6,9,12,15,18H,3,7-8,10-11H2,1-2H3. The van der Waals surface area contributed by atoms with Crippen molar-refractivity contribution in [3.63, 3.8) is 0 Å². The van der Waals surface area contributed by atoms with E-state index in [-0.39, 0.29) is 0 Å². The molecule has 3 rings (SSSR count). The molecule has 1 N–H and O–H groups in total. The van der Waals surface area contributed by atoms with Crippen LogP contribution in [0, 0.1) is 0 Å². The van der Waals surface area contributed by atoms with Crippen molar-refractivity contribution in [2.24, 2.45) is 0 Å². The molecule has 1 aliphatic heterocycles. The van der Waals surface area contributed by atoms with Gasteiger partial charge in [-0.25, -0.2) is 0 Å². The lowest BCUT2D eigenvalue weighted by molar-refractivity contribution is 0.0451. The summed E-state index contributed by atoms with van der Waals surface area (Å²) in [5, 5.41) is 11.0. The van der Waals surface area contributed by atoms with Gasteiger partial charge in [-0.3, -0.25) is 4.90 Å². The fourth-order valence-corrected chi connectivity index (χ4v) is 3.31. The van der Waals surface area contributed by atoms with E-state index in [4.69, 9.17) is 0 Å². The zero-order chi connectivity index (χ0) is 12.8. The van der Waals surface area contributed by atoms with Crippen molar-refractivity contribution < 1.29 is 5.11 Å². The first-order chi connectivity index (χ1) is 8.62. The molecule has 2 heteroatoms. The molecule has 2 atom stereocenters. The van der Waals surface area contributed by atoms with Gasteiger partial charge in [-0.15, -0.1) is 0 Å². The Hall–Kier alpha value is -0.860. The Morgan fingerprint density at radius 2 is 2.17 bits per heavy atom. The number of aliphatic hydroxyl groups is 1. The molecule has 0 spiro atoms. The van der Waals surface area contributed by atoms with Gasteiger partial charge in [-0.2, -0.15) is 0 Å². The van der Waals surface area contributed by atoms with Crippen molar-refractivity contribution in [1.82, 2.24) is 4.90 Å². The van der Waals surface area contributed by atoms with E-state index in [0.717, 1.165) is 31.0 Å². The number of likely N-dealkylation sites (tertiary alicyclic amines) is 1. The Balaban J connectivity index is 1.85. The third-order valence-electron chi connectivity index (χ3n) is 4.53. The summed E-state index contributed by atoms with van der Waals surface area (Å²) in [5.41, 5.74) is 1.79. The molecule has 1 saturated carbocycles. The summed E-state index contributed by atoms with van der Waals surface area (Å²) in [7, 11) is 0. The molecule has 1 aromatic rings. The van der Waals surface area contributed by atoms with Gasteiger partial charge >= 0.3 is 0 Å². The molecule has 2 aliphatic rings. The number of hydrogen-bond acceptors (Lipinski definition) is 2. The maximum Gasteiger partial charge on any atom is 0.104 e. The molecule has 0 radical (unpaired) electrons. The van der Waals surface area contributed by atoms with Gasteiger partial charge < -0.3 is 5.11 Å². The van der Waals surface area contributed by atoms with Crippen molar-refractivity contribution in [3.8, 4) is 0 Å². The van der Waals surface area contributed by atoms with Crippen LogP contribution in [0.5, 0.6) is 0 Å². The molecule has 98 valence electrons. The Morgan fingerprint density at radius 3 is 2.83 bits per heavy atom. The van der Waals surface area contributed by atoms with Gasteiger partial charge in [0.05, 0.1) is 0 Å². The lowest BCUT2D eigenvalue weighted by Gasteiger charge is -2.24. The molecule has 1 aliphatic carbocycles. The minimum absolute atomic E-state index is 0.507. The quantitative estimate of drug-likeness (QED) is 0.885. The second-order valence-electron chi connectivity index (χ2n) is 6.04. The highest BCUT2D eigenvalue weighted by Gasteiger charge is 2.46. The van der Waals surface area contributed by atoms with Gasteiger partial charge in [0.15, 0.2) is 0 Å². The van der Waals surface area contributed by atoms with Crippen molar-refractivity contribution >= 4 is 0 Å². The summed E-state index contributed by atoms with van der Waals surface area (Å²) >= 11 is 0. The van der Waals surface area contributed by atoms with Gasteiger partial charge in [0.25, 0.3) is 0 Å². The van der Waals surface area contributed by atoms with Crippen LogP contribution in [0.25, 0.3) is 0 Å². The summed E-state index contributed by atoms with van der Waals surface area (Å²) in [6, 6.07) is 9.74. The van der Waals surface area contributed by atoms with Crippen molar-refractivity contribution in [2.45, 2.75) is 57.2 Å². The van der Waals surface area contributed by atoms with Crippen LogP contribution < -0.4 is 0 Å². The number of rotatable bonds is 3. The van der Waals surface area contributed by atoms with Crippen molar-refractivity contribution in [3.05, 3.63) is 35.4 Å². The molecular formula is C16H23NO. The maximum atomic E-state index is 11.0. The average Bonchev–Trinajstić information content (AvgIpc) is 3.16. The number of aryl methyl sites for hydroxylation is 1. The summed E-state index contributed by atoms with van der Waals surface area (Å²) in [6.45, 7) is 5.23. The Labute approximate surface area is 110 Å². The third-order valence-corrected chi connectivity index (χ3v) is 4.53. The summed E-state index contributed by atoms with van der Waals surface area (Å²) < 4.78 is 0. The molecule has 2 nitrogen and oxygen atoms in total. The maximum absolute atomic E-state index is 11.0. The molecule has 1 saturated heterocycles. The molecule has 0 bridgehead atoms. The molecule has 1 heterocycles. The third kappa shape index (κ3) is 2.08. The molecule has 1 aromatic carbocycles. The normalized spacial score (nSPS) is 32.9. The number of β-amino-alcohol motifs (C(OH)–C–C–N with tert-alkyl or cyclic N) is 1. The van der Waals surface area contributed by atoms with Gasteiger partial charge in [0, 0.05) is 18.6 Å². The first-order valence-electron chi connectivity index (χ1n) is 7.20. The molecule has 2 unspecified atom stereocenters. The van der Waals surface area contributed by atoms with Crippen LogP contribution in [-0.2, 0) is 12.0 Å². The predicted molar refractivity (Wildman–Crippen MR) is 73.5 cm³/mol. The van der Waals surface area contributed by atoms with Crippen molar-refractivity contribution in [1.29, 1.82) is 0 Å². The first-order valence-corrected chi connectivity index (χ1v) is 7.20. The van der Waals surface area contributed by atoms with E-state index in [1.165, 1.54) is 18.4 Å². The summed E-state index contributed by atoms with van der Waals surface area (Å²) in [6.07, 6.45) is 4.54. The van der Waals surface area contributed by atoms with E-state index in [9.17, 15) is 5.11 Å². The second kappa shape index (κ2) is 4.36. The fourth-order valence-electron chi connectivity index (χ4n) is 3.31. The van der Waals surface area contributed by atoms with Crippen LogP contribution in [0.2, 0.25) is 0 Å². The smallest absolute Gasteiger partial charge is 0.104 e. The molecule has 0 aromatic heterocycles.